The van der Waals surface area contributed by atoms with Gasteiger partial charge in [0.25, 0.3) is 0 Å². The molecule has 1 saturated heterocycles. The molecule has 23 heavy (non-hydrogen) atoms. The Kier molecular flexibility index (Phi) is 3.97. The summed E-state index contributed by atoms with van der Waals surface area (Å²) in [5.74, 6) is 0.0814. The molecule has 1 unspecified atom stereocenters. The van der Waals surface area contributed by atoms with Crippen molar-refractivity contribution in [1.29, 1.82) is 0 Å². The van der Waals surface area contributed by atoms with Gasteiger partial charge in [-0.15, -0.1) is 11.3 Å². The maximum Gasteiger partial charge on any atom is 0.247 e. The van der Waals surface area contributed by atoms with Crippen LogP contribution in [0.5, 0.6) is 0 Å². The summed E-state index contributed by atoms with van der Waals surface area (Å²) in [5, 5.41) is 5.11. The van der Waals surface area contributed by atoms with Crippen LogP contribution in [0.25, 0.3) is 16.3 Å². The molecule has 0 spiro atoms. The van der Waals surface area contributed by atoms with Crippen molar-refractivity contribution in [1.82, 2.24) is 9.88 Å². The van der Waals surface area contributed by atoms with Crippen LogP contribution in [-0.4, -0.2) is 22.3 Å². The quantitative estimate of drug-likeness (QED) is 0.646. The average molecular weight is 340 g/mol. The summed E-state index contributed by atoms with van der Waals surface area (Å²) in [4.78, 5) is 19.3. The van der Waals surface area contributed by atoms with E-state index in [9.17, 15) is 4.79 Å². The largest absolute Gasteiger partial charge is 0.330 e. The number of carbonyl (C=O) groups excluding carboxylic acids is 1. The third-order valence-corrected chi connectivity index (χ3v) is 5.93. The molecule has 3 nitrogen and oxygen atoms in total. The van der Waals surface area contributed by atoms with Crippen LogP contribution in [0.15, 0.2) is 47.2 Å². The normalized spacial score (nSPS) is 18.3. The third kappa shape index (κ3) is 2.94. The van der Waals surface area contributed by atoms with Crippen molar-refractivity contribution < 1.29 is 4.79 Å². The SMILES string of the molecule is O=C(/C=C/c1ccsc1)N1CCCC1c1nc2ccccc2s1. The molecule has 1 aliphatic rings. The fourth-order valence-corrected chi connectivity index (χ4v) is 4.70. The number of nitrogens with zero attached hydrogens (tertiary/aromatic N) is 2. The molecule has 116 valence electrons. The van der Waals surface area contributed by atoms with Crippen LogP contribution in [-0.2, 0) is 4.79 Å². The highest BCUT2D eigenvalue weighted by Crippen LogP contribution is 2.36. The fourth-order valence-electron chi connectivity index (χ4n) is 2.95. The Hall–Kier alpha value is -1.98. The number of likely N-dealkylation sites (tertiary alicyclic amines) is 1. The minimum Gasteiger partial charge on any atom is -0.330 e. The second-order valence-electron chi connectivity index (χ2n) is 5.60. The summed E-state index contributed by atoms with van der Waals surface area (Å²) < 4.78 is 1.19. The summed E-state index contributed by atoms with van der Waals surface area (Å²) in [5.41, 5.74) is 2.11. The molecule has 4 rings (SSSR count). The van der Waals surface area contributed by atoms with Gasteiger partial charge in [0.15, 0.2) is 0 Å². The van der Waals surface area contributed by atoms with Crippen molar-refractivity contribution in [3.8, 4) is 0 Å². The second kappa shape index (κ2) is 6.26. The molecule has 0 radical (unpaired) electrons. The number of hydrogen-bond donors (Lipinski definition) is 0. The summed E-state index contributed by atoms with van der Waals surface area (Å²) >= 11 is 3.34. The van der Waals surface area contributed by atoms with Crippen LogP contribution in [0, 0.1) is 0 Å². The molecule has 2 aromatic heterocycles. The predicted octanol–water partition coefficient (Wildman–Crippen LogP) is 4.73. The van der Waals surface area contributed by atoms with Gasteiger partial charge in [-0.1, -0.05) is 12.1 Å². The zero-order valence-corrected chi connectivity index (χ0v) is 14.1. The van der Waals surface area contributed by atoms with E-state index < -0.39 is 0 Å². The van der Waals surface area contributed by atoms with Gasteiger partial charge < -0.3 is 4.90 Å². The number of thiophene rings is 1. The van der Waals surface area contributed by atoms with E-state index in [1.807, 2.05) is 46.0 Å². The van der Waals surface area contributed by atoms with Crippen LogP contribution in [0.2, 0.25) is 0 Å². The lowest BCUT2D eigenvalue weighted by Gasteiger charge is -2.21. The zero-order valence-electron chi connectivity index (χ0n) is 12.5. The topological polar surface area (TPSA) is 33.2 Å². The van der Waals surface area contributed by atoms with Gasteiger partial charge in [-0.25, -0.2) is 4.98 Å². The van der Waals surface area contributed by atoms with Crippen LogP contribution < -0.4 is 0 Å². The monoisotopic (exact) mass is 340 g/mol. The number of para-hydroxylation sites is 1. The first-order valence-corrected chi connectivity index (χ1v) is 9.43. The molecule has 3 heterocycles. The molecule has 1 fully saturated rings. The lowest BCUT2D eigenvalue weighted by atomic mass is 10.2. The fraction of sp³-hybridized carbons (Fsp3) is 0.222. The first kappa shape index (κ1) is 14.6. The first-order valence-electron chi connectivity index (χ1n) is 7.67. The number of carbonyl (C=O) groups is 1. The van der Waals surface area contributed by atoms with Crippen molar-refractivity contribution in [2.45, 2.75) is 18.9 Å². The van der Waals surface area contributed by atoms with Crippen molar-refractivity contribution in [2.24, 2.45) is 0 Å². The van der Waals surface area contributed by atoms with E-state index >= 15 is 0 Å². The van der Waals surface area contributed by atoms with E-state index in [-0.39, 0.29) is 11.9 Å². The molecule has 1 amide bonds. The van der Waals surface area contributed by atoms with Crippen LogP contribution in [0.1, 0.15) is 29.5 Å². The number of thiazole rings is 1. The van der Waals surface area contributed by atoms with Gasteiger partial charge in [-0.05, 0) is 53.4 Å². The van der Waals surface area contributed by atoms with Crippen LogP contribution in [0.4, 0.5) is 0 Å². The van der Waals surface area contributed by atoms with Crippen molar-refractivity contribution >= 4 is 44.9 Å². The molecule has 0 bridgehead atoms. The average Bonchev–Trinajstić information content (AvgIpc) is 3.31. The van der Waals surface area contributed by atoms with Gasteiger partial charge in [0.2, 0.25) is 5.91 Å². The van der Waals surface area contributed by atoms with Gasteiger partial charge in [0.1, 0.15) is 5.01 Å². The Morgan fingerprint density at radius 3 is 3.04 bits per heavy atom. The summed E-state index contributed by atoms with van der Waals surface area (Å²) in [7, 11) is 0. The first-order chi connectivity index (χ1) is 11.3. The molecule has 3 aromatic rings. The van der Waals surface area contributed by atoms with E-state index in [2.05, 4.69) is 6.07 Å². The molecule has 0 aliphatic carbocycles. The lowest BCUT2D eigenvalue weighted by Crippen LogP contribution is -2.28. The standard InChI is InChI=1S/C18H16N2OS2/c21-17(8-7-13-9-11-22-12-13)20-10-3-5-15(20)18-19-14-4-1-2-6-16(14)23-18/h1-2,4,6-9,11-12,15H,3,5,10H2/b8-7+. The molecule has 0 N–H and O–H groups in total. The summed E-state index contributed by atoms with van der Waals surface area (Å²) in [6.45, 7) is 0.813. The highest BCUT2D eigenvalue weighted by atomic mass is 32.1. The van der Waals surface area contributed by atoms with Gasteiger partial charge in [0.05, 0.1) is 16.3 Å². The van der Waals surface area contributed by atoms with Gasteiger partial charge >= 0.3 is 0 Å². The molecular formula is C18H16N2OS2. The minimum atomic E-state index is 0.0814. The summed E-state index contributed by atoms with van der Waals surface area (Å²) in [6, 6.07) is 10.3. The molecule has 0 saturated carbocycles. The van der Waals surface area contributed by atoms with Crippen LogP contribution in [0.3, 0.4) is 0 Å². The lowest BCUT2D eigenvalue weighted by molar-refractivity contribution is -0.126. The van der Waals surface area contributed by atoms with E-state index in [0.717, 1.165) is 35.5 Å². The van der Waals surface area contributed by atoms with Crippen molar-refractivity contribution in [3.05, 3.63) is 57.7 Å². The summed E-state index contributed by atoms with van der Waals surface area (Å²) in [6.07, 6.45) is 5.62. The van der Waals surface area contributed by atoms with Crippen molar-refractivity contribution in [3.63, 3.8) is 0 Å². The third-order valence-electron chi connectivity index (χ3n) is 4.09. The zero-order chi connectivity index (χ0) is 15.6. The second-order valence-corrected chi connectivity index (χ2v) is 7.44. The van der Waals surface area contributed by atoms with E-state index in [4.69, 9.17) is 4.98 Å². The highest BCUT2D eigenvalue weighted by Gasteiger charge is 2.31. The molecular weight excluding hydrogens is 324 g/mol. The predicted molar refractivity (Wildman–Crippen MR) is 96.7 cm³/mol. The Morgan fingerprint density at radius 2 is 2.22 bits per heavy atom. The van der Waals surface area contributed by atoms with Gasteiger partial charge in [-0.2, -0.15) is 11.3 Å². The number of fused-ring (bicyclic) bond motifs is 1. The Morgan fingerprint density at radius 1 is 1.30 bits per heavy atom. The number of aromatic nitrogens is 1. The maximum atomic E-state index is 12.6. The Labute approximate surface area is 142 Å². The molecule has 5 heteroatoms. The van der Waals surface area contributed by atoms with Gasteiger partial charge in [0, 0.05) is 12.6 Å². The number of hydrogen-bond acceptors (Lipinski definition) is 4. The Balaban J connectivity index is 1.57. The van der Waals surface area contributed by atoms with Crippen LogP contribution >= 0.6 is 22.7 Å². The number of benzene rings is 1. The molecule has 1 aromatic carbocycles. The van der Waals surface area contributed by atoms with Gasteiger partial charge in [-0.3, -0.25) is 4.79 Å². The van der Waals surface area contributed by atoms with E-state index in [0.29, 0.717) is 0 Å². The minimum absolute atomic E-state index is 0.0814. The Bertz CT molecular complexity index is 818. The van der Waals surface area contributed by atoms with E-state index in [1.54, 1.807) is 28.7 Å². The number of amides is 1. The molecule has 1 aliphatic heterocycles. The van der Waals surface area contributed by atoms with E-state index in [1.165, 1.54) is 4.70 Å². The maximum absolute atomic E-state index is 12.6. The highest BCUT2D eigenvalue weighted by molar-refractivity contribution is 7.18. The number of rotatable bonds is 3. The molecule has 1 atom stereocenters. The smallest absolute Gasteiger partial charge is 0.247 e. The van der Waals surface area contributed by atoms with Crippen molar-refractivity contribution in [2.75, 3.05) is 6.54 Å².